The standard InChI is InChI=1S/C25H24N2O7/c1-14-8-10-16(26-24(29)17-6-5-7-18(25(30)31)22(17)34-4)13-19(14)27-23(28)15-9-11-20(32-2)21(12-15)33-3/h5-13H,1-4H3,(H,26,29)(H,27,28)(H,30,31). The van der Waals surface area contributed by atoms with Crippen LogP contribution in [0.15, 0.2) is 54.6 Å². The molecule has 0 atom stereocenters. The molecule has 0 saturated heterocycles. The molecule has 0 spiro atoms. The van der Waals surface area contributed by atoms with E-state index < -0.39 is 11.9 Å². The highest BCUT2D eigenvalue weighted by Crippen LogP contribution is 2.29. The molecule has 0 aliphatic rings. The number of ether oxygens (including phenoxy) is 3. The van der Waals surface area contributed by atoms with Crippen molar-refractivity contribution >= 4 is 29.2 Å². The second-order valence-corrected chi connectivity index (χ2v) is 7.20. The number of nitrogens with one attached hydrogen (secondary N) is 2. The van der Waals surface area contributed by atoms with Gasteiger partial charge in [0.15, 0.2) is 11.5 Å². The van der Waals surface area contributed by atoms with Gasteiger partial charge in [0.25, 0.3) is 11.8 Å². The van der Waals surface area contributed by atoms with E-state index >= 15 is 0 Å². The van der Waals surface area contributed by atoms with E-state index in [-0.39, 0.29) is 22.8 Å². The number of carbonyl (C=O) groups excluding carboxylic acids is 2. The average molecular weight is 464 g/mol. The predicted octanol–water partition coefficient (Wildman–Crippen LogP) is 4.22. The number of carboxylic acids is 1. The molecule has 2 amide bonds. The van der Waals surface area contributed by atoms with E-state index in [2.05, 4.69) is 10.6 Å². The zero-order chi connectivity index (χ0) is 24.8. The second kappa shape index (κ2) is 10.4. The van der Waals surface area contributed by atoms with Gasteiger partial charge in [0.05, 0.1) is 26.9 Å². The molecule has 0 heterocycles. The molecule has 0 unspecified atom stereocenters. The number of anilines is 2. The van der Waals surface area contributed by atoms with Crippen LogP contribution in [-0.2, 0) is 0 Å². The first-order chi connectivity index (χ1) is 16.3. The summed E-state index contributed by atoms with van der Waals surface area (Å²) in [5, 5.41) is 14.9. The molecule has 0 bridgehead atoms. The lowest BCUT2D eigenvalue weighted by atomic mass is 10.1. The van der Waals surface area contributed by atoms with Crippen molar-refractivity contribution < 1.29 is 33.7 Å². The number of carboxylic acid groups (broad SMARTS) is 1. The predicted molar refractivity (Wildman–Crippen MR) is 127 cm³/mol. The maximum Gasteiger partial charge on any atom is 0.339 e. The zero-order valence-corrected chi connectivity index (χ0v) is 19.1. The summed E-state index contributed by atoms with van der Waals surface area (Å²) >= 11 is 0. The number of benzene rings is 3. The van der Waals surface area contributed by atoms with Gasteiger partial charge in [0.2, 0.25) is 0 Å². The van der Waals surface area contributed by atoms with Crippen LogP contribution in [0.1, 0.15) is 36.6 Å². The largest absolute Gasteiger partial charge is 0.495 e. The van der Waals surface area contributed by atoms with Gasteiger partial charge < -0.3 is 30.0 Å². The minimum atomic E-state index is -1.21. The van der Waals surface area contributed by atoms with Crippen LogP contribution in [0.3, 0.4) is 0 Å². The summed E-state index contributed by atoms with van der Waals surface area (Å²) in [6.45, 7) is 1.81. The van der Waals surface area contributed by atoms with Crippen molar-refractivity contribution in [3.8, 4) is 17.2 Å². The van der Waals surface area contributed by atoms with Gasteiger partial charge in [0.1, 0.15) is 11.3 Å². The van der Waals surface area contributed by atoms with Crippen LogP contribution in [0.4, 0.5) is 11.4 Å². The van der Waals surface area contributed by atoms with Crippen LogP contribution >= 0.6 is 0 Å². The molecule has 0 saturated carbocycles. The monoisotopic (exact) mass is 464 g/mol. The van der Waals surface area contributed by atoms with Gasteiger partial charge >= 0.3 is 5.97 Å². The van der Waals surface area contributed by atoms with E-state index in [1.54, 1.807) is 36.4 Å². The van der Waals surface area contributed by atoms with Crippen molar-refractivity contribution in [2.45, 2.75) is 6.92 Å². The maximum absolute atomic E-state index is 12.8. The molecule has 34 heavy (non-hydrogen) atoms. The Labute approximate surface area is 196 Å². The third kappa shape index (κ3) is 5.09. The maximum atomic E-state index is 12.8. The van der Waals surface area contributed by atoms with Gasteiger partial charge in [-0.2, -0.15) is 0 Å². The first-order valence-electron chi connectivity index (χ1n) is 10.1. The van der Waals surface area contributed by atoms with Crippen molar-refractivity contribution in [2.24, 2.45) is 0 Å². The lowest BCUT2D eigenvalue weighted by Gasteiger charge is -2.14. The Bertz CT molecular complexity index is 1250. The Balaban J connectivity index is 1.83. The Morgan fingerprint density at radius 1 is 0.765 bits per heavy atom. The Kier molecular flexibility index (Phi) is 7.37. The van der Waals surface area contributed by atoms with E-state index in [0.29, 0.717) is 28.4 Å². The Hall–Kier alpha value is -4.53. The van der Waals surface area contributed by atoms with Crippen LogP contribution in [0, 0.1) is 6.92 Å². The third-order valence-corrected chi connectivity index (χ3v) is 5.08. The normalized spacial score (nSPS) is 10.2. The van der Waals surface area contributed by atoms with Crippen molar-refractivity contribution in [1.82, 2.24) is 0 Å². The van der Waals surface area contributed by atoms with E-state index in [1.807, 2.05) is 6.92 Å². The Morgan fingerprint density at radius 3 is 2.12 bits per heavy atom. The van der Waals surface area contributed by atoms with Crippen molar-refractivity contribution in [3.63, 3.8) is 0 Å². The summed E-state index contributed by atoms with van der Waals surface area (Å²) in [4.78, 5) is 37.1. The summed E-state index contributed by atoms with van der Waals surface area (Å²) in [7, 11) is 4.29. The number of carbonyl (C=O) groups is 3. The van der Waals surface area contributed by atoms with Gasteiger partial charge in [-0.15, -0.1) is 0 Å². The van der Waals surface area contributed by atoms with E-state index in [4.69, 9.17) is 14.2 Å². The molecule has 0 radical (unpaired) electrons. The molecule has 3 rings (SSSR count). The highest BCUT2D eigenvalue weighted by Gasteiger charge is 2.20. The second-order valence-electron chi connectivity index (χ2n) is 7.20. The SMILES string of the molecule is COc1ccc(C(=O)Nc2cc(NC(=O)c3cccc(C(=O)O)c3OC)ccc2C)cc1OC. The number of hydrogen-bond acceptors (Lipinski definition) is 6. The summed E-state index contributed by atoms with van der Waals surface area (Å²) < 4.78 is 15.6. The average Bonchev–Trinajstić information content (AvgIpc) is 2.84. The van der Waals surface area contributed by atoms with Crippen LogP contribution in [0.25, 0.3) is 0 Å². The number of rotatable bonds is 8. The van der Waals surface area contributed by atoms with Crippen molar-refractivity contribution in [1.29, 1.82) is 0 Å². The molecule has 3 aromatic rings. The summed E-state index contributed by atoms with van der Waals surface area (Å²) in [5.74, 6) is -1.25. The molecular formula is C25H24N2O7. The lowest BCUT2D eigenvalue weighted by Crippen LogP contribution is -2.16. The molecule has 176 valence electrons. The highest BCUT2D eigenvalue weighted by atomic mass is 16.5. The molecule has 0 fully saturated rings. The zero-order valence-electron chi connectivity index (χ0n) is 19.1. The minimum absolute atomic E-state index is 0.0402. The fourth-order valence-electron chi connectivity index (χ4n) is 3.31. The van der Waals surface area contributed by atoms with Crippen molar-refractivity contribution in [2.75, 3.05) is 32.0 Å². The van der Waals surface area contributed by atoms with E-state index in [1.165, 1.54) is 39.5 Å². The lowest BCUT2D eigenvalue weighted by molar-refractivity contribution is 0.0693. The topological polar surface area (TPSA) is 123 Å². The number of hydrogen-bond donors (Lipinski definition) is 3. The molecule has 9 nitrogen and oxygen atoms in total. The number of amides is 2. The smallest absolute Gasteiger partial charge is 0.339 e. The summed E-state index contributed by atoms with van der Waals surface area (Å²) in [5.41, 5.74) is 1.98. The van der Waals surface area contributed by atoms with E-state index in [0.717, 1.165) is 5.56 Å². The number of aryl methyl sites for hydroxylation is 1. The molecule has 9 heteroatoms. The van der Waals surface area contributed by atoms with Crippen LogP contribution < -0.4 is 24.8 Å². The molecule has 0 aromatic heterocycles. The van der Waals surface area contributed by atoms with Crippen LogP contribution in [0.5, 0.6) is 17.2 Å². The Morgan fingerprint density at radius 2 is 1.47 bits per heavy atom. The minimum Gasteiger partial charge on any atom is -0.495 e. The van der Waals surface area contributed by atoms with Gasteiger partial charge in [-0.05, 0) is 55.0 Å². The van der Waals surface area contributed by atoms with Gasteiger partial charge in [0, 0.05) is 16.9 Å². The van der Waals surface area contributed by atoms with Gasteiger partial charge in [-0.25, -0.2) is 4.79 Å². The highest BCUT2D eigenvalue weighted by molar-refractivity contribution is 6.09. The number of methoxy groups -OCH3 is 3. The van der Waals surface area contributed by atoms with Crippen LogP contribution in [0.2, 0.25) is 0 Å². The van der Waals surface area contributed by atoms with Gasteiger partial charge in [-0.3, -0.25) is 9.59 Å². The summed E-state index contributed by atoms with van der Waals surface area (Å²) in [6.07, 6.45) is 0. The fourth-order valence-corrected chi connectivity index (χ4v) is 3.31. The number of aromatic carboxylic acids is 1. The van der Waals surface area contributed by atoms with Crippen LogP contribution in [-0.4, -0.2) is 44.2 Å². The number of para-hydroxylation sites is 1. The fraction of sp³-hybridized carbons (Fsp3) is 0.160. The molecular weight excluding hydrogens is 440 g/mol. The third-order valence-electron chi connectivity index (χ3n) is 5.08. The first kappa shape index (κ1) is 24.1. The molecule has 3 N–H and O–H groups in total. The molecule has 3 aromatic carbocycles. The van der Waals surface area contributed by atoms with Gasteiger partial charge in [-0.1, -0.05) is 12.1 Å². The quantitative estimate of drug-likeness (QED) is 0.456. The molecule has 0 aliphatic heterocycles. The molecule has 0 aliphatic carbocycles. The van der Waals surface area contributed by atoms with E-state index in [9.17, 15) is 19.5 Å². The van der Waals surface area contributed by atoms with Crippen molar-refractivity contribution in [3.05, 3.63) is 76.9 Å². The first-order valence-corrected chi connectivity index (χ1v) is 10.1. The summed E-state index contributed by atoms with van der Waals surface area (Å²) in [6, 6.07) is 14.1.